The normalized spacial score (nSPS) is 15.7. The Morgan fingerprint density at radius 3 is 2.56 bits per heavy atom. The third-order valence-electron chi connectivity index (χ3n) is 4.63. The van der Waals surface area contributed by atoms with Gasteiger partial charge in [0.25, 0.3) is 5.91 Å². The number of thioether (sulfide) groups is 1. The Morgan fingerprint density at radius 1 is 1.09 bits per heavy atom. The summed E-state index contributed by atoms with van der Waals surface area (Å²) in [6.45, 7) is 2.21. The standard InChI is InChI=1S/C24H19N3O4S/c1-16-7-10-19(11-8-16)25-24-26-23(28)22(32-24)14-18-9-12-21(20(13-18)27(29)30)31-15-17-5-3-2-4-6-17/h2-14H,15H2,1H3,(H,25,26,28)/b22-14+. The average Bonchev–Trinajstić information content (AvgIpc) is 3.13. The molecule has 0 atom stereocenters. The minimum Gasteiger partial charge on any atom is -0.482 e. The minimum absolute atomic E-state index is 0.160. The molecule has 32 heavy (non-hydrogen) atoms. The molecule has 4 rings (SSSR count). The molecule has 3 aromatic carbocycles. The van der Waals surface area contributed by atoms with Gasteiger partial charge in [-0.2, -0.15) is 0 Å². The summed E-state index contributed by atoms with van der Waals surface area (Å²) in [6, 6.07) is 21.7. The van der Waals surface area contributed by atoms with Gasteiger partial charge in [0.1, 0.15) is 6.61 Å². The second kappa shape index (κ2) is 9.49. The van der Waals surface area contributed by atoms with Crippen molar-refractivity contribution >= 4 is 40.3 Å². The number of aliphatic imine (C=N–C) groups is 1. The van der Waals surface area contributed by atoms with Crippen molar-refractivity contribution in [1.82, 2.24) is 5.32 Å². The van der Waals surface area contributed by atoms with Crippen molar-refractivity contribution in [3.05, 3.63) is 105 Å². The number of carbonyl (C=O) groups excluding carboxylic acids is 1. The van der Waals surface area contributed by atoms with Gasteiger partial charge >= 0.3 is 5.69 Å². The first-order valence-electron chi connectivity index (χ1n) is 9.79. The summed E-state index contributed by atoms with van der Waals surface area (Å²) in [6.07, 6.45) is 1.60. The number of rotatable bonds is 6. The highest BCUT2D eigenvalue weighted by atomic mass is 32.2. The zero-order valence-electron chi connectivity index (χ0n) is 17.1. The smallest absolute Gasteiger partial charge is 0.311 e. The van der Waals surface area contributed by atoms with Gasteiger partial charge in [-0.05, 0) is 54.1 Å². The molecule has 0 saturated carbocycles. The second-order valence-electron chi connectivity index (χ2n) is 7.08. The van der Waals surface area contributed by atoms with E-state index < -0.39 is 4.92 Å². The van der Waals surface area contributed by atoms with Gasteiger partial charge in [-0.3, -0.25) is 14.9 Å². The zero-order valence-corrected chi connectivity index (χ0v) is 18.0. The van der Waals surface area contributed by atoms with Crippen molar-refractivity contribution < 1.29 is 14.5 Å². The maximum absolute atomic E-state index is 12.3. The van der Waals surface area contributed by atoms with Crippen molar-refractivity contribution in [3.63, 3.8) is 0 Å². The Labute approximate surface area is 189 Å². The number of aryl methyl sites for hydroxylation is 1. The molecule has 1 N–H and O–H groups in total. The number of hydrogen-bond acceptors (Lipinski definition) is 6. The number of amidine groups is 1. The number of benzene rings is 3. The van der Waals surface area contributed by atoms with Crippen LogP contribution in [0.1, 0.15) is 16.7 Å². The quantitative estimate of drug-likeness (QED) is 0.313. The van der Waals surface area contributed by atoms with E-state index >= 15 is 0 Å². The molecule has 7 nitrogen and oxygen atoms in total. The second-order valence-corrected chi connectivity index (χ2v) is 8.11. The molecule has 1 saturated heterocycles. The fourth-order valence-corrected chi connectivity index (χ4v) is 3.83. The average molecular weight is 446 g/mol. The molecule has 1 aliphatic heterocycles. The van der Waals surface area contributed by atoms with Gasteiger partial charge in [-0.25, -0.2) is 4.99 Å². The van der Waals surface area contributed by atoms with E-state index in [0.29, 0.717) is 15.6 Å². The Balaban J connectivity index is 1.53. The molecule has 1 amide bonds. The lowest BCUT2D eigenvalue weighted by molar-refractivity contribution is -0.386. The van der Waals surface area contributed by atoms with Crippen LogP contribution in [0.5, 0.6) is 5.75 Å². The van der Waals surface area contributed by atoms with Crippen LogP contribution in [0, 0.1) is 17.0 Å². The van der Waals surface area contributed by atoms with Crippen molar-refractivity contribution in [2.45, 2.75) is 13.5 Å². The molecule has 3 aromatic rings. The van der Waals surface area contributed by atoms with Crippen LogP contribution in [-0.4, -0.2) is 16.0 Å². The summed E-state index contributed by atoms with van der Waals surface area (Å²) in [5.74, 6) is -0.126. The topological polar surface area (TPSA) is 93.8 Å². The number of nitrogens with one attached hydrogen (secondary N) is 1. The molecule has 0 radical (unpaired) electrons. The van der Waals surface area contributed by atoms with E-state index in [0.717, 1.165) is 16.8 Å². The molecular weight excluding hydrogens is 426 g/mol. The number of nitro benzene ring substituents is 1. The maximum atomic E-state index is 12.3. The highest BCUT2D eigenvalue weighted by Gasteiger charge is 2.24. The first-order chi connectivity index (χ1) is 15.5. The van der Waals surface area contributed by atoms with Crippen molar-refractivity contribution in [2.75, 3.05) is 0 Å². The van der Waals surface area contributed by atoms with Gasteiger partial charge < -0.3 is 10.1 Å². The van der Waals surface area contributed by atoms with Gasteiger partial charge in [0.05, 0.1) is 15.5 Å². The summed E-state index contributed by atoms with van der Waals surface area (Å²) in [5, 5.41) is 14.7. The summed E-state index contributed by atoms with van der Waals surface area (Å²) < 4.78 is 5.66. The number of nitrogens with zero attached hydrogens (tertiary/aromatic N) is 2. The first kappa shape index (κ1) is 21.3. The Bertz CT molecular complexity index is 1220. The molecule has 1 aliphatic rings. The largest absolute Gasteiger partial charge is 0.482 e. The first-order valence-corrected chi connectivity index (χ1v) is 10.6. The van der Waals surface area contributed by atoms with Gasteiger partial charge in [-0.1, -0.05) is 54.1 Å². The number of ether oxygens (including phenoxy) is 1. The predicted molar refractivity (Wildman–Crippen MR) is 126 cm³/mol. The monoisotopic (exact) mass is 445 g/mol. The molecule has 1 fully saturated rings. The van der Waals surface area contributed by atoms with E-state index in [-0.39, 0.29) is 24.0 Å². The Kier molecular flexibility index (Phi) is 6.32. The van der Waals surface area contributed by atoms with Gasteiger partial charge in [0, 0.05) is 6.07 Å². The van der Waals surface area contributed by atoms with E-state index in [1.807, 2.05) is 61.5 Å². The summed E-state index contributed by atoms with van der Waals surface area (Å²) >= 11 is 1.19. The summed E-state index contributed by atoms with van der Waals surface area (Å²) in [5.41, 5.74) is 3.13. The number of hydrogen-bond donors (Lipinski definition) is 1. The zero-order chi connectivity index (χ0) is 22.5. The van der Waals surface area contributed by atoms with Crippen LogP contribution in [0.4, 0.5) is 11.4 Å². The highest BCUT2D eigenvalue weighted by molar-refractivity contribution is 8.18. The number of nitro groups is 1. The Hall–Kier alpha value is -3.91. The SMILES string of the molecule is Cc1ccc(N=C2NC(=O)/C(=C\c3ccc(OCc4ccccc4)c([N+](=O)[O-])c3)S2)cc1. The van der Waals surface area contributed by atoms with Gasteiger partial charge in [-0.15, -0.1) is 0 Å². The third-order valence-corrected chi connectivity index (χ3v) is 5.54. The Morgan fingerprint density at radius 2 is 1.84 bits per heavy atom. The molecule has 8 heteroatoms. The third kappa shape index (κ3) is 5.22. The number of amides is 1. The lowest BCUT2D eigenvalue weighted by Crippen LogP contribution is -2.19. The molecule has 1 heterocycles. The molecule has 0 unspecified atom stereocenters. The fraction of sp³-hybridized carbons (Fsp3) is 0.0833. The molecule has 0 spiro atoms. The molecule has 160 valence electrons. The maximum Gasteiger partial charge on any atom is 0.311 e. The van der Waals surface area contributed by atoms with Crippen LogP contribution in [-0.2, 0) is 11.4 Å². The van der Waals surface area contributed by atoms with Crippen LogP contribution < -0.4 is 10.1 Å². The van der Waals surface area contributed by atoms with Crippen LogP contribution in [0.25, 0.3) is 6.08 Å². The predicted octanol–water partition coefficient (Wildman–Crippen LogP) is 5.37. The summed E-state index contributed by atoms with van der Waals surface area (Å²) in [4.78, 5) is 28.3. The van der Waals surface area contributed by atoms with Gasteiger partial charge in [0.2, 0.25) is 0 Å². The van der Waals surface area contributed by atoms with Crippen LogP contribution in [0.3, 0.4) is 0 Å². The highest BCUT2D eigenvalue weighted by Crippen LogP contribution is 2.32. The molecule has 0 bridgehead atoms. The van der Waals surface area contributed by atoms with Crippen molar-refractivity contribution in [2.24, 2.45) is 4.99 Å². The lowest BCUT2D eigenvalue weighted by Gasteiger charge is -2.07. The van der Waals surface area contributed by atoms with Crippen LogP contribution >= 0.6 is 11.8 Å². The fourth-order valence-electron chi connectivity index (χ4n) is 2.99. The van der Waals surface area contributed by atoms with Crippen molar-refractivity contribution in [3.8, 4) is 5.75 Å². The van der Waals surface area contributed by atoms with E-state index in [4.69, 9.17) is 4.74 Å². The van der Waals surface area contributed by atoms with E-state index in [1.165, 1.54) is 17.8 Å². The van der Waals surface area contributed by atoms with E-state index in [1.54, 1.807) is 18.2 Å². The molecule has 0 aromatic heterocycles. The molecular formula is C24H19N3O4S. The van der Waals surface area contributed by atoms with E-state index in [2.05, 4.69) is 10.3 Å². The van der Waals surface area contributed by atoms with Crippen LogP contribution in [0.2, 0.25) is 0 Å². The minimum atomic E-state index is -0.492. The lowest BCUT2D eigenvalue weighted by atomic mass is 10.1. The van der Waals surface area contributed by atoms with Crippen LogP contribution in [0.15, 0.2) is 82.7 Å². The number of carbonyl (C=O) groups is 1. The van der Waals surface area contributed by atoms with Crippen molar-refractivity contribution in [1.29, 1.82) is 0 Å². The molecule has 0 aliphatic carbocycles. The summed E-state index contributed by atoms with van der Waals surface area (Å²) in [7, 11) is 0. The van der Waals surface area contributed by atoms with E-state index in [9.17, 15) is 14.9 Å². The van der Waals surface area contributed by atoms with Gasteiger partial charge in [0.15, 0.2) is 10.9 Å².